The van der Waals surface area contributed by atoms with Crippen LogP contribution in [0.4, 0.5) is 0 Å². The first kappa shape index (κ1) is 16.2. The molecule has 0 saturated carbocycles. The zero-order chi connectivity index (χ0) is 13.4. The van der Waals surface area contributed by atoms with E-state index < -0.39 is 18.1 Å². The SMILES string of the molecule is CCC(C)[C@H](N)C(=O)NC(CCSC)C(=O)O. The molecular formula is C11H22N2O3S. The van der Waals surface area contributed by atoms with Crippen LogP contribution >= 0.6 is 11.8 Å². The fraction of sp³-hybridized carbons (Fsp3) is 0.818. The number of rotatable bonds is 8. The Morgan fingerprint density at radius 1 is 1.47 bits per heavy atom. The molecule has 0 aliphatic carbocycles. The molecule has 0 rings (SSSR count). The Balaban J connectivity index is 4.34. The van der Waals surface area contributed by atoms with E-state index in [2.05, 4.69) is 5.32 Å². The van der Waals surface area contributed by atoms with Crippen molar-refractivity contribution in [1.29, 1.82) is 0 Å². The first-order valence-electron chi connectivity index (χ1n) is 5.71. The van der Waals surface area contributed by atoms with Gasteiger partial charge in [-0.1, -0.05) is 20.3 Å². The van der Waals surface area contributed by atoms with Crippen molar-refractivity contribution in [3.8, 4) is 0 Å². The summed E-state index contributed by atoms with van der Waals surface area (Å²) in [6.07, 6.45) is 3.10. The van der Waals surface area contributed by atoms with E-state index in [4.69, 9.17) is 10.8 Å². The van der Waals surface area contributed by atoms with Crippen LogP contribution < -0.4 is 11.1 Å². The van der Waals surface area contributed by atoms with Crippen LogP contribution in [0.5, 0.6) is 0 Å². The Morgan fingerprint density at radius 2 is 2.06 bits per heavy atom. The maximum atomic E-state index is 11.7. The van der Waals surface area contributed by atoms with Crippen molar-refractivity contribution in [2.24, 2.45) is 11.7 Å². The molecule has 0 saturated heterocycles. The number of carbonyl (C=O) groups is 2. The molecule has 1 amide bonds. The Labute approximate surface area is 107 Å². The Morgan fingerprint density at radius 3 is 2.47 bits per heavy atom. The number of carbonyl (C=O) groups excluding carboxylic acids is 1. The van der Waals surface area contributed by atoms with Crippen LogP contribution in [-0.2, 0) is 9.59 Å². The highest BCUT2D eigenvalue weighted by Crippen LogP contribution is 2.07. The Bertz CT molecular complexity index is 261. The number of nitrogens with one attached hydrogen (secondary N) is 1. The molecule has 100 valence electrons. The van der Waals surface area contributed by atoms with Crippen LogP contribution in [0.1, 0.15) is 26.7 Å². The van der Waals surface area contributed by atoms with Crippen LogP contribution in [0.25, 0.3) is 0 Å². The smallest absolute Gasteiger partial charge is 0.326 e. The van der Waals surface area contributed by atoms with E-state index in [0.717, 1.165) is 6.42 Å². The summed E-state index contributed by atoms with van der Waals surface area (Å²) < 4.78 is 0. The predicted molar refractivity (Wildman–Crippen MR) is 70.0 cm³/mol. The second-order valence-corrected chi connectivity index (χ2v) is 5.08. The van der Waals surface area contributed by atoms with Gasteiger partial charge >= 0.3 is 5.97 Å². The molecule has 6 heteroatoms. The number of carboxylic acid groups (broad SMARTS) is 1. The Kier molecular flexibility index (Phi) is 7.99. The third-order valence-electron chi connectivity index (χ3n) is 2.78. The summed E-state index contributed by atoms with van der Waals surface area (Å²) in [6, 6.07) is -1.49. The number of hydrogen-bond donors (Lipinski definition) is 3. The monoisotopic (exact) mass is 262 g/mol. The summed E-state index contributed by atoms with van der Waals surface area (Å²) in [4.78, 5) is 22.7. The van der Waals surface area contributed by atoms with Crippen molar-refractivity contribution < 1.29 is 14.7 Å². The van der Waals surface area contributed by atoms with Crippen LogP contribution in [0.15, 0.2) is 0 Å². The molecule has 0 aliphatic rings. The largest absolute Gasteiger partial charge is 0.480 e. The van der Waals surface area contributed by atoms with Gasteiger partial charge in [0.2, 0.25) is 5.91 Å². The average molecular weight is 262 g/mol. The first-order chi connectivity index (χ1) is 7.93. The number of carboxylic acids is 1. The minimum atomic E-state index is -1.01. The van der Waals surface area contributed by atoms with Crippen molar-refractivity contribution in [2.75, 3.05) is 12.0 Å². The van der Waals surface area contributed by atoms with E-state index in [9.17, 15) is 9.59 Å². The summed E-state index contributed by atoms with van der Waals surface area (Å²) in [5.74, 6) is -0.655. The minimum absolute atomic E-state index is 0.0463. The maximum absolute atomic E-state index is 11.7. The van der Waals surface area contributed by atoms with Gasteiger partial charge in [-0.05, 0) is 24.3 Å². The standard InChI is InChI=1S/C11H22N2O3S/c1-4-7(2)9(12)10(14)13-8(11(15)16)5-6-17-3/h7-9H,4-6,12H2,1-3H3,(H,13,14)(H,15,16)/t7?,8?,9-/m0/s1. The van der Waals surface area contributed by atoms with E-state index >= 15 is 0 Å². The minimum Gasteiger partial charge on any atom is -0.480 e. The van der Waals surface area contributed by atoms with Gasteiger partial charge in [0.25, 0.3) is 0 Å². The summed E-state index contributed by atoms with van der Waals surface area (Å²) in [6.45, 7) is 3.82. The van der Waals surface area contributed by atoms with Gasteiger partial charge in [0.05, 0.1) is 6.04 Å². The van der Waals surface area contributed by atoms with Gasteiger partial charge in [-0.3, -0.25) is 4.79 Å². The molecule has 0 aromatic heterocycles. The molecule has 2 unspecified atom stereocenters. The topological polar surface area (TPSA) is 92.4 Å². The summed E-state index contributed by atoms with van der Waals surface area (Å²) in [5, 5.41) is 11.5. The van der Waals surface area contributed by atoms with Gasteiger partial charge in [-0.25, -0.2) is 4.79 Å². The lowest BCUT2D eigenvalue weighted by atomic mass is 9.99. The van der Waals surface area contributed by atoms with Crippen LogP contribution in [-0.4, -0.2) is 41.1 Å². The van der Waals surface area contributed by atoms with Crippen molar-refractivity contribution in [3.63, 3.8) is 0 Å². The molecule has 0 aromatic carbocycles. The van der Waals surface area contributed by atoms with Crippen molar-refractivity contribution in [2.45, 2.75) is 38.8 Å². The number of hydrogen-bond acceptors (Lipinski definition) is 4. The first-order valence-corrected chi connectivity index (χ1v) is 7.11. The van der Waals surface area contributed by atoms with Crippen molar-refractivity contribution in [3.05, 3.63) is 0 Å². The van der Waals surface area contributed by atoms with Gasteiger partial charge in [0.15, 0.2) is 0 Å². The zero-order valence-corrected chi connectivity index (χ0v) is 11.4. The van der Waals surface area contributed by atoms with Crippen LogP contribution in [0.2, 0.25) is 0 Å². The number of thioether (sulfide) groups is 1. The molecule has 17 heavy (non-hydrogen) atoms. The fourth-order valence-electron chi connectivity index (χ4n) is 1.27. The Hall–Kier alpha value is -0.750. The molecule has 0 heterocycles. The van der Waals surface area contributed by atoms with Crippen molar-refractivity contribution in [1.82, 2.24) is 5.32 Å². The normalized spacial score (nSPS) is 16.0. The lowest BCUT2D eigenvalue weighted by Crippen LogP contribution is -2.50. The average Bonchev–Trinajstić information content (AvgIpc) is 2.31. The van der Waals surface area contributed by atoms with E-state index in [1.54, 1.807) is 11.8 Å². The van der Waals surface area contributed by atoms with E-state index in [1.165, 1.54) is 0 Å². The van der Waals surface area contributed by atoms with Gasteiger partial charge < -0.3 is 16.2 Å². The molecule has 5 nitrogen and oxygen atoms in total. The van der Waals surface area contributed by atoms with E-state index in [1.807, 2.05) is 20.1 Å². The zero-order valence-electron chi connectivity index (χ0n) is 10.6. The van der Waals surface area contributed by atoms with E-state index in [-0.39, 0.29) is 11.8 Å². The van der Waals surface area contributed by atoms with Gasteiger partial charge in [0.1, 0.15) is 6.04 Å². The molecule has 0 aliphatic heterocycles. The maximum Gasteiger partial charge on any atom is 0.326 e. The lowest BCUT2D eigenvalue weighted by Gasteiger charge is -2.21. The summed E-state index contributed by atoms with van der Waals surface area (Å²) in [7, 11) is 0. The highest BCUT2D eigenvalue weighted by molar-refractivity contribution is 7.98. The van der Waals surface area contributed by atoms with Crippen LogP contribution in [0, 0.1) is 5.92 Å². The molecular weight excluding hydrogens is 240 g/mol. The lowest BCUT2D eigenvalue weighted by molar-refractivity contribution is -0.142. The summed E-state index contributed by atoms with van der Waals surface area (Å²) >= 11 is 1.55. The molecule has 0 fully saturated rings. The second-order valence-electron chi connectivity index (χ2n) is 4.09. The molecule has 0 radical (unpaired) electrons. The number of amides is 1. The molecule has 4 N–H and O–H groups in total. The molecule has 0 aromatic rings. The van der Waals surface area contributed by atoms with Crippen LogP contribution in [0.3, 0.4) is 0 Å². The molecule has 0 spiro atoms. The van der Waals surface area contributed by atoms with Crippen molar-refractivity contribution >= 4 is 23.6 Å². The number of nitrogens with two attached hydrogens (primary N) is 1. The van der Waals surface area contributed by atoms with Gasteiger partial charge in [0, 0.05) is 0 Å². The fourth-order valence-corrected chi connectivity index (χ4v) is 1.74. The van der Waals surface area contributed by atoms with E-state index in [0.29, 0.717) is 12.2 Å². The highest BCUT2D eigenvalue weighted by atomic mass is 32.2. The molecule has 0 bridgehead atoms. The van der Waals surface area contributed by atoms with Gasteiger partial charge in [-0.15, -0.1) is 0 Å². The second kappa shape index (κ2) is 8.36. The summed E-state index contributed by atoms with van der Waals surface area (Å²) in [5.41, 5.74) is 5.74. The number of aliphatic carboxylic acids is 1. The quantitative estimate of drug-likeness (QED) is 0.598. The van der Waals surface area contributed by atoms with Gasteiger partial charge in [-0.2, -0.15) is 11.8 Å². The third-order valence-corrected chi connectivity index (χ3v) is 3.43. The molecule has 3 atom stereocenters. The third kappa shape index (κ3) is 5.93. The predicted octanol–water partition coefficient (Wildman–Crippen LogP) is 0.682. The highest BCUT2D eigenvalue weighted by Gasteiger charge is 2.25.